The van der Waals surface area contributed by atoms with Crippen LogP contribution in [0.5, 0.6) is 0 Å². The third-order valence-electron chi connectivity index (χ3n) is 4.95. The molecular weight excluding hydrogens is 410 g/mol. The van der Waals surface area contributed by atoms with Gasteiger partial charge in [0.2, 0.25) is 5.91 Å². The zero-order chi connectivity index (χ0) is 22.7. The monoisotopic (exact) mass is 447 g/mol. The average Bonchev–Trinajstić information content (AvgIpc) is 3.06. The van der Waals surface area contributed by atoms with E-state index in [2.05, 4.69) is 11.9 Å². The Balaban J connectivity index is 1.71. The number of ether oxygens (including phenoxy) is 7. The number of carbonyl (C=O) groups excluding carboxylic acids is 1. The van der Waals surface area contributed by atoms with Crippen molar-refractivity contribution in [3.63, 3.8) is 0 Å². The summed E-state index contributed by atoms with van der Waals surface area (Å²) in [5.41, 5.74) is -1.08. The SMILES string of the molecule is C=CCOCCOCCOCCOC[C@@]1(CO)OC[C@H](NC(C)=O)[C@H]2OC(C)(C)O[C@H]21. The Morgan fingerprint density at radius 3 is 2.29 bits per heavy atom. The molecule has 2 N–H and O–H groups in total. The van der Waals surface area contributed by atoms with Gasteiger partial charge < -0.3 is 43.6 Å². The lowest BCUT2D eigenvalue weighted by Crippen LogP contribution is -2.66. The Labute approximate surface area is 184 Å². The Kier molecular flexibility index (Phi) is 10.8. The number of nitrogens with one attached hydrogen (secondary N) is 1. The highest BCUT2D eigenvalue weighted by atomic mass is 16.8. The van der Waals surface area contributed by atoms with Crippen LogP contribution < -0.4 is 5.32 Å². The molecule has 0 aromatic rings. The maximum Gasteiger partial charge on any atom is 0.217 e. The third-order valence-corrected chi connectivity index (χ3v) is 4.95. The average molecular weight is 448 g/mol. The molecule has 0 bridgehead atoms. The number of aliphatic hydroxyl groups is 1. The van der Waals surface area contributed by atoms with Crippen molar-refractivity contribution in [1.29, 1.82) is 0 Å². The molecule has 2 fully saturated rings. The van der Waals surface area contributed by atoms with Gasteiger partial charge in [-0.2, -0.15) is 0 Å². The molecule has 0 aliphatic carbocycles. The molecule has 10 heteroatoms. The van der Waals surface area contributed by atoms with Gasteiger partial charge in [-0.25, -0.2) is 0 Å². The quantitative estimate of drug-likeness (QED) is 0.265. The van der Waals surface area contributed by atoms with E-state index < -0.39 is 23.6 Å². The summed E-state index contributed by atoms with van der Waals surface area (Å²) in [4.78, 5) is 11.5. The summed E-state index contributed by atoms with van der Waals surface area (Å²) in [5.74, 6) is -1.04. The first kappa shape index (κ1) is 26.1. The molecule has 31 heavy (non-hydrogen) atoms. The number of aliphatic hydroxyl groups excluding tert-OH is 1. The maximum atomic E-state index is 11.5. The topological polar surface area (TPSA) is 114 Å². The molecule has 2 saturated heterocycles. The van der Waals surface area contributed by atoms with Gasteiger partial charge in [0.15, 0.2) is 5.79 Å². The van der Waals surface area contributed by atoms with Crippen LogP contribution in [0.3, 0.4) is 0 Å². The largest absolute Gasteiger partial charge is 0.393 e. The Morgan fingerprint density at radius 2 is 1.71 bits per heavy atom. The molecule has 0 unspecified atom stereocenters. The fourth-order valence-corrected chi connectivity index (χ4v) is 3.58. The van der Waals surface area contributed by atoms with Gasteiger partial charge in [-0.1, -0.05) is 6.08 Å². The van der Waals surface area contributed by atoms with Crippen LogP contribution in [0.2, 0.25) is 0 Å². The van der Waals surface area contributed by atoms with Crippen LogP contribution in [0.15, 0.2) is 12.7 Å². The summed E-state index contributed by atoms with van der Waals surface area (Å²) < 4.78 is 39.8. The van der Waals surface area contributed by atoms with Crippen molar-refractivity contribution >= 4 is 5.91 Å². The summed E-state index contributed by atoms with van der Waals surface area (Å²) in [6.45, 7) is 11.7. The highest BCUT2D eigenvalue weighted by Crippen LogP contribution is 2.40. The molecular formula is C21H37NO9. The van der Waals surface area contributed by atoms with Crippen LogP contribution in [-0.2, 0) is 38.0 Å². The first-order valence-corrected chi connectivity index (χ1v) is 10.6. The number of fused-ring (bicyclic) bond motifs is 1. The van der Waals surface area contributed by atoms with Crippen LogP contribution in [0.1, 0.15) is 20.8 Å². The number of rotatable bonds is 15. The van der Waals surface area contributed by atoms with Gasteiger partial charge in [0, 0.05) is 6.92 Å². The van der Waals surface area contributed by atoms with Gasteiger partial charge in [0.05, 0.1) is 72.1 Å². The first-order valence-electron chi connectivity index (χ1n) is 10.6. The van der Waals surface area contributed by atoms with Crippen molar-refractivity contribution in [3.8, 4) is 0 Å². The minimum Gasteiger partial charge on any atom is -0.393 e. The molecule has 0 aromatic heterocycles. The highest BCUT2D eigenvalue weighted by molar-refractivity contribution is 5.73. The molecule has 180 valence electrons. The van der Waals surface area contributed by atoms with Gasteiger partial charge in [0.25, 0.3) is 0 Å². The lowest BCUT2D eigenvalue weighted by Gasteiger charge is -2.45. The number of hydrogen-bond acceptors (Lipinski definition) is 9. The summed E-state index contributed by atoms with van der Waals surface area (Å²) in [6.07, 6.45) is 0.652. The van der Waals surface area contributed by atoms with Crippen LogP contribution in [-0.4, -0.2) is 107 Å². The zero-order valence-electron chi connectivity index (χ0n) is 18.8. The van der Waals surface area contributed by atoms with Crippen molar-refractivity contribution < 1.29 is 43.1 Å². The second-order valence-corrected chi connectivity index (χ2v) is 8.00. The minimum absolute atomic E-state index is 0.109. The number of carbonyl (C=O) groups is 1. The summed E-state index contributed by atoms with van der Waals surface area (Å²) >= 11 is 0. The number of amides is 1. The van der Waals surface area contributed by atoms with E-state index in [1.807, 2.05) is 0 Å². The second kappa shape index (κ2) is 12.8. The Bertz CT molecular complexity index is 559. The van der Waals surface area contributed by atoms with Gasteiger partial charge in [-0.15, -0.1) is 6.58 Å². The van der Waals surface area contributed by atoms with Crippen LogP contribution in [0.4, 0.5) is 0 Å². The van der Waals surface area contributed by atoms with Crippen molar-refractivity contribution in [2.75, 3.05) is 66.1 Å². The van der Waals surface area contributed by atoms with Crippen LogP contribution in [0.25, 0.3) is 0 Å². The summed E-state index contributed by atoms with van der Waals surface area (Å²) in [6, 6.07) is -0.366. The minimum atomic E-state index is -1.08. The molecule has 0 aromatic carbocycles. The van der Waals surface area contributed by atoms with E-state index in [4.69, 9.17) is 33.2 Å². The van der Waals surface area contributed by atoms with Crippen molar-refractivity contribution in [3.05, 3.63) is 12.7 Å². The summed E-state index contributed by atoms with van der Waals surface area (Å²) in [7, 11) is 0. The lowest BCUT2D eigenvalue weighted by atomic mass is 9.87. The van der Waals surface area contributed by atoms with Gasteiger partial charge >= 0.3 is 0 Å². The highest BCUT2D eigenvalue weighted by Gasteiger charge is 2.59. The molecule has 4 atom stereocenters. The van der Waals surface area contributed by atoms with E-state index in [-0.39, 0.29) is 31.8 Å². The van der Waals surface area contributed by atoms with E-state index in [0.29, 0.717) is 46.2 Å². The lowest BCUT2D eigenvalue weighted by molar-refractivity contribution is -0.223. The van der Waals surface area contributed by atoms with Gasteiger partial charge in [-0.3, -0.25) is 4.79 Å². The standard InChI is InChI=1S/C21H37NO9/c1-5-6-25-7-8-26-9-10-27-11-12-28-15-21(14-23)19-18(30-20(3,4)31-19)17(13-29-21)22-16(2)24/h5,17-19,23H,1,6-15H2,2-4H3,(H,22,24)/t17-,18+,19+,21+/m0/s1. The Morgan fingerprint density at radius 1 is 1.10 bits per heavy atom. The van der Waals surface area contributed by atoms with E-state index in [0.717, 1.165) is 0 Å². The third kappa shape index (κ3) is 8.07. The van der Waals surface area contributed by atoms with E-state index in [9.17, 15) is 9.90 Å². The van der Waals surface area contributed by atoms with Crippen molar-refractivity contribution in [2.24, 2.45) is 0 Å². The van der Waals surface area contributed by atoms with Gasteiger partial charge in [0.1, 0.15) is 17.8 Å². The second-order valence-electron chi connectivity index (χ2n) is 8.00. The summed E-state index contributed by atoms with van der Waals surface area (Å²) in [5, 5.41) is 12.9. The smallest absolute Gasteiger partial charge is 0.217 e. The molecule has 10 nitrogen and oxygen atoms in total. The maximum absolute atomic E-state index is 11.5. The Hall–Kier alpha value is -1.11. The molecule has 2 aliphatic rings. The molecule has 2 rings (SSSR count). The predicted octanol–water partition coefficient (Wildman–Crippen LogP) is 0.0249. The normalized spacial score (nSPS) is 29.5. The van der Waals surface area contributed by atoms with E-state index >= 15 is 0 Å². The molecule has 0 saturated carbocycles. The fourth-order valence-electron chi connectivity index (χ4n) is 3.58. The van der Waals surface area contributed by atoms with Crippen LogP contribution >= 0.6 is 0 Å². The van der Waals surface area contributed by atoms with Gasteiger partial charge in [-0.05, 0) is 13.8 Å². The molecule has 0 radical (unpaired) electrons. The van der Waals surface area contributed by atoms with Crippen LogP contribution in [0, 0.1) is 0 Å². The van der Waals surface area contributed by atoms with E-state index in [1.54, 1.807) is 19.9 Å². The molecule has 0 spiro atoms. The predicted molar refractivity (Wildman–Crippen MR) is 111 cm³/mol. The fraction of sp³-hybridized carbons (Fsp3) is 0.857. The molecule has 2 aliphatic heterocycles. The van der Waals surface area contributed by atoms with Crippen molar-refractivity contribution in [2.45, 2.75) is 50.4 Å². The first-order chi connectivity index (χ1) is 14.8. The molecule has 2 heterocycles. The zero-order valence-corrected chi connectivity index (χ0v) is 18.8. The number of hydrogen-bond donors (Lipinski definition) is 2. The van der Waals surface area contributed by atoms with E-state index in [1.165, 1.54) is 6.92 Å². The molecule has 1 amide bonds. The van der Waals surface area contributed by atoms with Crippen molar-refractivity contribution in [1.82, 2.24) is 5.32 Å².